The molecule has 4 nitrogen and oxygen atoms in total. The van der Waals surface area contributed by atoms with Crippen LogP contribution in [0.4, 0.5) is 4.39 Å². The lowest BCUT2D eigenvalue weighted by molar-refractivity contribution is 0.101. The number of hydrogen-bond acceptors (Lipinski definition) is 3. The third-order valence-corrected chi connectivity index (χ3v) is 6.75. The molecule has 0 radical (unpaired) electrons. The summed E-state index contributed by atoms with van der Waals surface area (Å²) >= 11 is 0. The molecule has 2 aromatic rings. The second kappa shape index (κ2) is 7.68. The van der Waals surface area contributed by atoms with Crippen molar-refractivity contribution in [3.8, 4) is 0 Å². The van der Waals surface area contributed by atoms with Gasteiger partial charge in [0.2, 0.25) is 10.0 Å². The first kappa shape index (κ1) is 18.7. The van der Waals surface area contributed by atoms with Crippen molar-refractivity contribution in [1.29, 1.82) is 0 Å². The van der Waals surface area contributed by atoms with Gasteiger partial charge in [-0.25, -0.2) is 12.8 Å². The number of Topliss-reactive ketones (excluding diaryl/α,β-unsaturated/α-hetero) is 1. The fourth-order valence-electron chi connectivity index (χ4n) is 3.34. The van der Waals surface area contributed by atoms with E-state index in [0.29, 0.717) is 18.7 Å². The number of sulfonamides is 1. The van der Waals surface area contributed by atoms with Crippen LogP contribution in [-0.2, 0) is 10.0 Å². The fraction of sp³-hybridized carbons (Fsp3) is 0.350. The largest absolute Gasteiger partial charge is 0.295 e. The first-order valence-electron chi connectivity index (χ1n) is 8.74. The number of rotatable bonds is 4. The van der Waals surface area contributed by atoms with Gasteiger partial charge in [0.25, 0.3) is 0 Å². The molecule has 0 amide bonds. The molecular weight excluding hydrogens is 353 g/mol. The highest BCUT2D eigenvalue weighted by atomic mass is 32.2. The van der Waals surface area contributed by atoms with Crippen LogP contribution >= 0.6 is 0 Å². The second-order valence-electron chi connectivity index (χ2n) is 6.69. The number of carbonyl (C=O) groups is 1. The van der Waals surface area contributed by atoms with Gasteiger partial charge >= 0.3 is 0 Å². The number of nitrogens with zero attached hydrogens (tertiary/aromatic N) is 1. The van der Waals surface area contributed by atoms with Gasteiger partial charge in [-0.15, -0.1) is 0 Å². The summed E-state index contributed by atoms with van der Waals surface area (Å²) in [7, 11) is -3.63. The van der Waals surface area contributed by atoms with Crippen molar-refractivity contribution in [1.82, 2.24) is 4.31 Å². The minimum atomic E-state index is -3.63. The Bertz CT molecular complexity index is 876. The predicted molar refractivity (Wildman–Crippen MR) is 98.2 cm³/mol. The second-order valence-corrected chi connectivity index (χ2v) is 8.63. The summed E-state index contributed by atoms with van der Waals surface area (Å²) in [6.07, 6.45) is 2.60. The van der Waals surface area contributed by atoms with Gasteiger partial charge in [-0.2, -0.15) is 4.31 Å². The summed E-state index contributed by atoms with van der Waals surface area (Å²) in [6, 6.07) is 12.4. The van der Waals surface area contributed by atoms with Gasteiger partial charge in [0.1, 0.15) is 5.82 Å². The van der Waals surface area contributed by atoms with E-state index < -0.39 is 10.0 Å². The van der Waals surface area contributed by atoms with E-state index in [4.69, 9.17) is 0 Å². The van der Waals surface area contributed by atoms with E-state index in [0.717, 1.165) is 24.8 Å². The van der Waals surface area contributed by atoms with Gasteiger partial charge in [0.05, 0.1) is 4.90 Å². The molecule has 0 spiro atoms. The molecule has 1 saturated heterocycles. The lowest BCUT2D eigenvalue weighted by atomic mass is 9.95. The van der Waals surface area contributed by atoms with Gasteiger partial charge < -0.3 is 0 Å². The smallest absolute Gasteiger partial charge is 0.243 e. The Morgan fingerprint density at radius 3 is 2.31 bits per heavy atom. The van der Waals surface area contributed by atoms with Crippen LogP contribution < -0.4 is 0 Å². The molecule has 1 unspecified atom stereocenters. The third kappa shape index (κ3) is 4.02. The Kier molecular flexibility index (Phi) is 5.53. The van der Waals surface area contributed by atoms with Gasteiger partial charge in [0.15, 0.2) is 5.78 Å². The molecular formula is C20H22FNO3S. The zero-order chi connectivity index (χ0) is 18.7. The van der Waals surface area contributed by atoms with Crippen molar-refractivity contribution in [3.05, 3.63) is 65.5 Å². The molecule has 0 N–H and O–H groups in total. The van der Waals surface area contributed by atoms with Crippen LogP contribution in [-0.4, -0.2) is 31.6 Å². The maximum atomic E-state index is 13.2. The molecule has 3 rings (SSSR count). The van der Waals surface area contributed by atoms with E-state index in [9.17, 15) is 17.6 Å². The van der Waals surface area contributed by atoms with Gasteiger partial charge in [-0.3, -0.25) is 4.79 Å². The van der Waals surface area contributed by atoms with Crippen LogP contribution in [0.1, 0.15) is 48.0 Å². The number of hydrogen-bond donors (Lipinski definition) is 0. The summed E-state index contributed by atoms with van der Waals surface area (Å²) in [5.74, 6) is -0.345. The number of ketones is 1. The minimum Gasteiger partial charge on any atom is -0.295 e. The highest BCUT2D eigenvalue weighted by Crippen LogP contribution is 2.29. The van der Waals surface area contributed by atoms with Crippen LogP contribution in [0, 0.1) is 5.82 Å². The molecule has 1 atom stereocenters. The number of carbonyl (C=O) groups excluding carboxylic acids is 1. The molecule has 0 saturated carbocycles. The van der Waals surface area contributed by atoms with Crippen LogP contribution in [0.5, 0.6) is 0 Å². The lowest BCUT2D eigenvalue weighted by Gasteiger charge is -2.24. The summed E-state index contributed by atoms with van der Waals surface area (Å²) < 4.78 is 40.8. The van der Waals surface area contributed by atoms with Crippen molar-refractivity contribution in [2.75, 3.05) is 13.1 Å². The normalized spacial score (nSPS) is 19.1. The quantitative estimate of drug-likeness (QED) is 0.760. The Labute approximate surface area is 153 Å². The maximum absolute atomic E-state index is 13.2. The molecule has 1 fully saturated rings. The number of benzene rings is 2. The zero-order valence-electron chi connectivity index (χ0n) is 14.7. The van der Waals surface area contributed by atoms with Gasteiger partial charge in [-0.1, -0.05) is 30.7 Å². The third-order valence-electron chi connectivity index (χ3n) is 4.87. The highest BCUT2D eigenvalue weighted by molar-refractivity contribution is 7.89. The molecule has 0 aliphatic carbocycles. The predicted octanol–water partition coefficient (Wildman–Crippen LogP) is 3.99. The molecule has 1 heterocycles. The van der Waals surface area contributed by atoms with Crippen molar-refractivity contribution in [2.45, 2.75) is 37.0 Å². The molecule has 6 heteroatoms. The molecule has 1 aliphatic rings. The van der Waals surface area contributed by atoms with E-state index >= 15 is 0 Å². The highest BCUT2D eigenvalue weighted by Gasteiger charge is 2.29. The van der Waals surface area contributed by atoms with E-state index in [2.05, 4.69) is 0 Å². The molecule has 1 aliphatic heterocycles. The topological polar surface area (TPSA) is 54.5 Å². The molecule has 26 heavy (non-hydrogen) atoms. The average molecular weight is 375 g/mol. The van der Waals surface area contributed by atoms with Gasteiger partial charge in [0, 0.05) is 18.7 Å². The first-order valence-corrected chi connectivity index (χ1v) is 10.2. The molecule has 0 aromatic heterocycles. The van der Waals surface area contributed by atoms with Crippen LogP contribution in [0.25, 0.3) is 0 Å². The summed E-state index contributed by atoms with van der Waals surface area (Å²) in [5.41, 5.74) is 1.45. The molecule has 2 aromatic carbocycles. The van der Waals surface area contributed by atoms with Crippen LogP contribution in [0.15, 0.2) is 53.4 Å². The van der Waals surface area contributed by atoms with Crippen molar-refractivity contribution < 1.29 is 17.6 Å². The van der Waals surface area contributed by atoms with E-state index in [-0.39, 0.29) is 22.4 Å². The van der Waals surface area contributed by atoms with E-state index in [1.807, 2.05) is 0 Å². The first-order chi connectivity index (χ1) is 12.4. The SMILES string of the molecule is CC(=O)c1ccc(S(=O)(=O)N2CCCCC(c3ccc(F)cc3)C2)cc1. The van der Waals surface area contributed by atoms with Crippen molar-refractivity contribution in [2.24, 2.45) is 0 Å². The van der Waals surface area contributed by atoms with Crippen LogP contribution in [0.3, 0.4) is 0 Å². The minimum absolute atomic E-state index is 0.0457. The summed E-state index contributed by atoms with van der Waals surface area (Å²) in [4.78, 5) is 11.6. The Hall–Kier alpha value is -2.05. The monoisotopic (exact) mass is 375 g/mol. The molecule has 0 bridgehead atoms. The Morgan fingerprint density at radius 2 is 1.69 bits per heavy atom. The van der Waals surface area contributed by atoms with Crippen LogP contribution in [0.2, 0.25) is 0 Å². The van der Waals surface area contributed by atoms with Crippen molar-refractivity contribution >= 4 is 15.8 Å². The Balaban J connectivity index is 1.85. The van der Waals surface area contributed by atoms with E-state index in [1.54, 1.807) is 24.3 Å². The average Bonchev–Trinajstić information content (AvgIpc) is 2.89. The molecule has 138 valence electrons. The lowest BCUT2D eigenvalue weighted by Crippen LogP contribution is -2.34. The standard InChI is InChI=1S/C20H22FNO3S/c1-15(23)16-7-11-20(12-8-16)26(24,25)22-13-3-2-4-18(14-22)17-5-9-19(21)10-6-17/h5-12,18H,2-4,13-14H2,1H3. The van der Waals surface area contributed by atoms with Gasteiger partial charge in [-0.05, 0) is 55.5 Å². The van der Waals surface area contributed by atoms with E-state index in [1.165, 1.54) is 35.5 Å². The maximum Gasteiger partial charge on any atom is 0.243 e. The summed E-state index contributed by atoms with van der Waals surface area (Å²) in [6.45, 7) is 2.29. The number of halogens is 1. The fourth-order valence-corrected chi connectivity index (χ4v) is 4.87. The summed E-state index contributed by atoms with van der Waals surface area (Å²) in [5, 5.41) is 0. The van der Waals surface area contributed by atoms with Crippen molar-refractivity contribution in [3.63, 3.8) is 0 Å². The Morgan fingerprint density at radius 1 is 1.04 bits per heavy atom. The zero-order valence-corrected chi connectivity index (χ0v) is 15.5.